The first kappa shape index (κ1) is 20.2. The third-order valence-corrected chi connectivity index (χ3v) is 5.80. The summed E-state index contributed by atoms with van der Waals surface area (Å²) in [4.78, 5) is 12.0. The lowest BCUT2D eigenvalue weighted by Gasteiger charge is -2.07. The second-order valence-corrected chi connectivity index (χ2v) is 8.11. The number of rotatable bonds is 7. The SMILES string of the molecule is COc1cc(CSc2nnc(NC(=O)Nc3ccc(Cl)cc3)s2)cc(OC)c1. The van der Waals surface area contributed by atoms with Crippen LogP contribution in [0.4, 0.5) is 15.6 Å². The molecule has 0 bridgehead atoms. The Balaban J connectivity index is 1.55. The van der Waals surface area contributed by atoms with Gasteiger partial charge >= 0.3 is 6.03 Å². The largest absolute Gasteiger partial charge is 0.497 e. The molecule has 0 aliphatic heterocycles. The molecule has 0 aliphatic rings. The minimum absolute atomic E-state index is 0.396. The fraction of sp³-hybridized carbons (Fsp3) is 0.167. The van der Waals surface area contributed by atoms with Gasteiger partial charge in [0, 0.05) is 22.5 Å². The summed E-state index contributed by atoms with van der Waals surface area (Å²) in [5.74, 6) is 2.13. The average molecular weight is 437 g/mol. The third-order valence-electron chi connectivity index (χ3n) is 3.50. The molecule has 146 valence electrons. The minimum Gasteiger partial charge on any atom is -0.497 e. The summed E-state index contributed by atoms with van der Waals surface area (Å²) in [5.41, 5.74) is 1.67. The lowest BCUT2D eigenvalue weighted by Crippen LogP contribution is -2.19. The second-order valence-electron chi connectivity index (χ2n) is 5.47. The molecule has 0 aliphatic carbocycles. The molecule has 3 rings (SSSR count). The average Bonchev–Trinajstić information content (AvgIpc) is 3.15. The number of amides is 2. The van der Waals surface area contributed by atoms with Crippen LogP contribution >= 0.6 is 34.7 Å². The van der Waals surface area contributed by atoms with Gasteiger partial charge in [-0.05, 0) is 42.0 Å². The van der Waals surface area contributed by atoms with Crippen molar-refractivity contribution in [3.05, 3.63) is 53.1 Å². The summed E-state index contributed by atoms with van der Waals surface area (Å²) >= 11 is 8.64. The lowest BCUT2D eigenvalue weighted by molar-refractivity contribution is 0.262. The van der Waals surface area contributed by atoms with Crippen LogP contribution in [0.2, 0.25) is 5.02 Å². The number of nitrogens with zero attached hydrogens (tertiary/aromatic N) is 2. The van der Waals surface area contributed by atoms with Crippen LogP contribution in [-0.2, 0) is 5.75 Å². The predicted octanol–water partition coefficient (Wildman–Crippen LogP) is 5.15. The molecule has 0 unspecified atom stereocenters. The van der Waals surface area contributed by atoms with Crippen LogP contribution < -0.4 is 20.1 Å². The summed E-state index contributed by atoms with van der Waals surface area (Å²) in [6, 6.07) is 12.1. The van der Waals surface area contributed by atoms with Crippen molar-refractivity contribution in [1.29, 1.82) is 0 Å². The zero-order valence-corrected chi connectivity index (χ0v) is 17.5. The van der Waals surface area contributed by atoms with Crippen molar-refractivity contribution >= 4 is 51.5 Å². The maximum Gasteiger partial charge on any atom is 0.325 e. The number of nitrogens with one attached hydrogen (secondary N) is 2. The molecule has 1 heterocycles. The molecular weight excluding hydrogens is 420 g/mol. The zero-order valence-electron chi connectivity index (χ0n) is 15.1. The van der Waals surface area contributed by atoms with Crippen LogP contribution in [0.15, 0.2) is 46.8 Å². The highest BCUT2D eigenvalue weighted by Gasteiger charge is 2.10. The maximum absolute atomic E-state index is 12.0. The first-order valence-corrected chi connectivity index (χ1v) is 10.3. The number of hydrogen-bond acceptors (Lipinski definition) is 7. The summed E-state index contributed by atoms with van der Waals surface area (Å²) in [7, 11) is 3.23. The van der Waals surface area contributed by atoms with E-state index in [1.807, 2.05) is 18.2 Å². The Bertz CT molecular complexity index is 928. The third kappa shape index (κ3) is 5.75. The van der Waals surface area contributed by atoms with Crippen LogP contribution in [-0.4, -0.2) is 30.4 Å². The monoisotopic (exact) mass is 436 g/mol. The Morgan fingerprint density at radius 2 is 1.75 bits per heavy atom. The normalized spacial score (nSPS) is 10.4. The van der Waals surface area contributed by atoms with Gasteiger partial charge in [0.1, 0.15) is 11.5 Å². The van der Waals surface area contributed by atoms with Crippen molar-refractivity contribution in [2.24, 2.45) is 0 Å². The molecule has 2 amide bonds. The van der Waals surface area contributed by atoms with E-state index < -0.39 is 6.03 Å². The maximum atomic E-state index is 12.0. The Labute approximate surface area is 175 Å². The van der Waals surface area contributed by atoms with Crippen LogP contribution in [0.5, 0.6) is 11.5 Å². The van der Waals surface area contributed by atoms with E-state index in [1.54, 1.807) is 38.5 Å². The number of aromatic nitrogens is 2. The summed E-state index contributed by atoms with van der Waals surface area (Å²) in [6.45, 7) is 0. The fourth-order valence-corrected chi connectivity index (χ4v) is 4.01. The predicted molar refractivity (Wildman–Crippen MR) is 113 cm³/mol. The van der Waals surface area contributed by atoms with Gasteiger partial charge in [0.2, 0.25) is 5.13 Å². The van der Waals surface area contributed by atoms with Crippen molar-refractivity contribution in [3.63, 3.8) is 0 Å². The second kappa shape index (κ2) is 9.63. The van der Waals surface area contributed by atoms with E-state index in [0.29, 0.717) is 21.6 Å². The highest BCUT2D eigenvalue weighted by atomic mass is 35.5. The first-order chi connectivity index (χ1) is 13.6. The van der Waals surface area contributed by atoms with E-state index >= 15 is 0 Å². The molecule has 28 heavy (non-hydrogen) atoms. The number of benzene rings is 2. The van der Waals surface area contributed by atoms with Crippen molar-refractivity contribution in [3.8, 4) is 11.5 Å². The van der Waals surface area contributed by atoms with Crippen molar-refractivity contribution in [2.45, 2.75) is 10.1 Å². The van der Waals surface area contributed by atoms with E-state index in [9.17, 15) is 4.79 Å². The molecule has 10 heteroatoms. The van der Waals surface area contributed by atoms with Crippen LogP contribution in [0.1, 0.15) is 5.56 Å². The molecule has 0 spiro atoms. The van der Waals surface area contributed by atoms with Crippen LogP contribution in [0, 0.1) is 0 Å². The number of urea groups is 1. The number of carbonyl (C=O) groups excluding carboxylic acids is 1. The number of halogens is 1. The van der Waals surface area contributed by atoms with Gasteiger partial charge in [-0.1, -0.05) is 34.7 Å². The molecule has 2 N–H and O–H groups in total. The van der Waals surface area contributed by atoms with E-state index in [1.165, 1.54) is 23.1 Å². The Morgan fingerprint density at radius 1 is 1.07 bits per heavy atom. The van der Waals surface area contributed by atoms with E-state index in [4.69, 9.17) is 21.1 Å². The number of carbonyl (C=O) groups is 1. The van der Waals surface area contributed by atoms with Gasteiger partial charge in [-0.25, -0.2) is 4.79 Å². The number of thioether (sulfide) groups is 1. The van der Waals surface area contributed by atoms with Crippen LogP contribution in [0.25, 0.3) is 0 Å². The highest BCUT2D eigenvalue weighted by molar-refractivity contribution is 8.00. The minimum atomic E-state index is -0.396. The summed E-state index contributed by atoms with van der Waals surface area (Å²) in [6.07, 6.45) is 0. The number of hydrogen-bond donors (Lipinski definition) is 2. The molecule has 0 fully saturated rings. The molecule has 3 aromatic rings. The molecule has 0 radical (unpaired) electrons. The Morgan fingerprint density at radius 3 is 2.39 bits per heavy atom. The molecule has 7 nitrogen and oxygen atoms in total. The summed E-state index contributed by atoms with van der Waals surface area (Å²) in [5, 5.41) is 14.5. The topological polar surface area (TPSA) is 85.4 Å². The lowest BCUT2D eigenvalue weighted by atomic mass is 10.2. The van der Waals surface area contributed by atoms with Crippen molar-refractivity contribution < 1.29 is 14.3 Å². The molecule has 0 saturated carbocycles. The molecule has 0 atom stereocenters. The zero-order chi connectivity index (χ0) is 19.9. The van der Waals surface area contributed by atoms with Gasteiger partial charge < -0.3 is 14.8 Å². The molecular formula is C18H17ClN4O3S2. The van der Waals surface area contributed by atoms with Gasteiger partial charge in [-0.2, -0.15) is 0 Å². The van der Waals surface area contributed by atoms with Gasteiger partial charge in [-0.3, -0.25) is 5.32 Å². The van der Waals surface area contributed by atoms with Crippen molar-refractivity contribution in [2.75, 3.05) is 24.9 Å². The highest BCUT2D eigenvalue weighted by Crippen LogP contribution is 2.31. The van der Waals surface area contributed by atoms with Crippen LogP contribution in [0.3, 0.4) is 0 Å². The van der Waals surface area contributed by atoms with Gasteiger partial charge in [0.05, 0.1) is 14.2 Å². The van der Waals surface area contributed by atoms with E-state index in [-0.39, 0.29) is 0 Å². The smallest absolute Gasteiger partial charge is 0.325 e. The Kier molecular flexibility index (Phi) is 6.96. The fourth-order valence-electron chi connectivity index (χ4n) is 2.21. The van der Waals surface area contributed by atoms with Gasteiger partial charge in [0.15, 0.2) is 4.34 Å². The first-order valence-electron chi connectivity index (χ1n) is 8.07. The molecule has 1 aromatic heterocycles. The number of ether oxygens (including phenoxy) is 2. The van der Waals surface area contributed by atoms with E-state index in [0.717, 1.165) is 21.4 Å². The number of anilines is 2. The standard InChI is InChI=1S/C18H17ClN4O3S2/c1-25-14-7-11(8-15(9-14)26-2)10-27-18-23-22-17(28-18)21-16(24)20-13-5-3-12(19)4-6-13/h3-9H,10H2,1-2H3,(H2,20,21,22,24). The van der Waals surface area contributed by atoms with Gasteiger partial charge in [-0.15, -0.1) is 10.2 Å². The summed E-state index contributed by atoms with van der Waals surface area (Å²) < 4.78 is 11.3. The molecule has 2 aromatic carbocycles. The Hall–Kier alpha value is -2.49. The quantitative estimate of drug-likeness (QED) is 0.393. The van der Waals surface area contributed by atoms with Crippen molar-refractivity contribution in [1.82, 2.24) is 10.2 Å². The van der Waals surface area contributed by atoms with Gasteiger partial charge in [0.25, 0.3) is 0 Å². The molecule has 0 saturated heterocycles. The number of methoxy groups -OCH3 is 2. The van der Waals surface area contributed by atoms with E-state index in [2.05, 4.69) is 20.8 Å².